The molecule has 4 rings (SSSR count). The van der Waals surface area contributed by atoms with E-state index in [2.05, 4.69) is 11.2 Å². The fourth-order valence-electron chi connectivity index (χ4n) is 4.32. The maximum Gasteiger partial charge on any atom is 0.355 e. The molecule has 2 heterocycles. The standard InChI is InChI=1S/C28H27N5O5/c1-18-13-14-32(31-18)15-16-38-21-11-9-20(10-12-21)33-25(28(35)37-3)24(27(34)36-2)23(22(17-29)26(33)30)19-7-5-4-6-8-19/h4-14,23H,15-16,30H2,1-3H3. The van der Waals surface area contributed by atoms with Gasteiger partial charge in [-0.05, 0) is 42.8 Å². The molecule has 10 heteroatoms. The van der Waals surface area contributed by atoms with Crippen LogP contribution in [-0.2, 0) is 25.6 Å². The first-order chi connectivity index (χ1) is 18.4. The van der Waals surface area contributed by atoms with Crippen LogP contribution in [0.25, 0.3) is 0 Å². The highest BCUT2D eigenvalue weighted by molar-refractivity contribution is 6.06. The Morgan fingerprint density at radius 2 is 1.71 bits per heavy atom. The lowest BCUT2D eigenvalue weighted by Crippen LogP contribution is -2.40. The Balaban J connectivity index is 1.74. The number of ether oxygens (including phenoxy) is 3. The number of benzene rings is 2. The van der Waals surface area contributed by atoms with Crippen LogP contribution in [0.3, 0.4) is 0 Å². The second kappa shape index (κ2) is 11.3. The van der Waals surface area contributed by atoms with Gasteiger partial charge >= 0.3 is 11.9 Å². The highest BCUT2D eigenvalue weighted by atomic mass is 16.5. The first-order valence-electron chi connectivity index (χ1n) is 11.8. The van der Waals surface area contributed by atoms with Crippen molar-refractivity contribution in [2.75, 3.05) is 25.7 Å². The predicted octanol–water partition coefficient (Wildman–Crippen LogP) is 3.17. The molecule has 1 atom stereocenters. The summed E-state index contributed by atoms with van der Waals surface area (Å²) in [5.41, 5.74) is 8.38. The highest BCUT2D eigenvalue weighted by Crippen LogP contribution is 2.43. The molecule has 0 saturated heterocycles. The van der Waals surface area contributed by atoms with E-state index < -0.39 is 17.9 Å². The molecule has 194 valence electrons. The number of allylic oxidation sites excluding steroid dienone is 1. The van der Waals surface area contributed by atoms with E-state index in [9.17, 15) is 14.9 Å². The Bertz CT molecular complexity index is 1430. The molecule has 0 amide bonds. The molecule has 38 heavy (non-hydrogen) atoms. The van der Waals surface area contributed by atoms with Crippen molar-refractivity contribution in [3.63, 3.8) is 0 Å². The number of carbonyl (C=O) groups is 2. The number of nitrogens with two attached hydrogens (primary N) is 1. The Kier molecular flexibility index (Phi) is 7.77. The molecule has 0 radical (unpaired) electrons. The summed E-state index contributed by atoms with van der Waals surface area (Å²) in [7, 11) is 2.42. The van der Waals surface area contributed by atoms with Gasteiger partial charge in [0.05, 0.1) is 49.6 Å². The van der Waals surface area contributed by atoms with Crippen molar-refractivity contribution >= 4 is 17.6 Å². The molecule has 0 spiro atoms. The van der Waals surface area contributed by atoms with Gasteiger partial charge < -0.3 is 19.9 Å². The quantitative estimate of drug-likeness (QED) is 0.451. The van der Waals surface area contributed by atoms with Crippen LogP contribution in [0, 0.1) is 18.3 Å². The lowest BCUT2D eigenvalue weighted by Gasteiger charge is -2.35. The molecule has 1 aliphatic rings. The molecule has 10 nitrogen and oxygen atoms in total. The maximum absolute atomic E-state index is 13.1. The number of rotatable bonds is 8. The van der Waals surface area contributed by atoms with Crippen LogP contribution in [0.2, 0.25) is 0 Å². The zero-order valence-corrected chi connectivity index (χ0v) is 21.2. The van der Waals surface area contributed by atoms with Gasteiger partial charge in [0, 0.05) is 11.9 Å². The summed E-state index contributed by atoms with van der Waals surface area (Å²) < 4.78 is 17.7. The van der Waals surface area contributed by atoms with Crippen molar-refractivity contribution in [1.29, 1.82) is 5.26 Å². The molecule has 1 unspecified atom stereocenters. The second-order valence-electron chi connectivity index (χ2n) is 8.40. The van der Waals surface area contributed by atoms with Crippen LogP contribution in [0.15, 0.2) is 89.5 Å². The van der Waals surface area contributed by atoms with Gasteiger partial charge in [-0.15, -0.1) is 0 Å². The summed E-state index contributed by atoms with van der Waals surface area (Å²) in [6.45, 7) is 2.88. The Labute approximate surface area is 220 Å². The van der Waals surface area contributed by atoms with Crippen molar-refractivity contribution in [1.82, 2.24) is 9.78 Å². The van der Waals surface area contributed by atoms with E-state index in [1.54, 1.807) is 59.3 Å². The molecule has 0 fully saturated rings. The number of hydrogen-bond donors (Lipinski definition) is 1. The summed E-state index contributed by atoms with van der Waals surface area (Å²) in [5.74, 6) is -1.93. The van der Waals surface area contributed by atoms with Crippen molar-refractivity contribution in [3.05, 3.63) is 101 Å². The maximum atomic E-state index is 13.1. The molecule has 1 aliphatic heterocycles. The fraction of sp³-hybridized carbons (Fsp3) is 0.214. The lowest BCUT2D eigenvalue weighted by molar-refractivity contribution is -0.139. The molecular weight excluding hydrogens is 486 g/mol. The fourth-order valence-corrected chi connectivity index (χ4v) is 4.32. The van der Waals surface area contributed by atoms with Gasteiger partial charge in [0.15, 0.2) is 0 Å². The highest BCUT2D eigenvalue weighted by Gasteiger charge is 2.42. The zero-order chi connectivity index (χ0) is 27.2. The van der Waals surface area contributed by atoms with Gasteiger partial charge in [0.2, 0.25) is 0 Å². The third-order valence-electron chi connectivity index (χ3n) is 6.07. The van der Waals surface area contributed by atoms with E-state index in [1.165, 1.54) is 19.1 Å². The van der Waals surface area contributed by atoms with Crippen LogP contribution >= 0.6 is 0 Å². The number of aryl methyl sites for hydroxylation is 1. The molecular formula is C28H27N5O5. The minimum atomic E-state index is -0.924. The van der Waals surface area contributed by atoms with Crippen molar-refractivity contribution in [3.8, 4) is 11.8 Å². The molecule has 0 bridgehead atoms. The zero-order valence-electron chi connectivity index (χ0n) is 21.2. The SMILES string of the molecule is COC(=O)C1=C(C(=O)OC)N(c2ccc(OCCn3ccc(C)n3)cc2)C(N)=C(C#N)C1c1ccccc1. The van der Waals surface area contributed by atoms with Gasteiger partial charge in [-0.1, -0.05) is 30.3 Å². The first kappa shape index (κ1) is 26.0. The molecule has 2 aromatic carbocycles. The van der Waals surface area contributed by atoms with E-state index in [0.717, 1.165) is 5.69 Å². The number of aromatic nitrogens is 2. The Morgan fingerprint density at radius 3 is 2.29 bits per heavy atom. The number of esters is 2. The second-order valence-corrected chi connectivity index (χ2v) is 8.40. The number of nitriles is 1. The van der Waals surface area contributed by atoms with Crippen LogP contribution in [0.5, 0.6) is 5.75 Å². The van der Waals surface area contributed by atoms with E-state index in [1.807, 2.05) is 19.2 Å². The van der Waals surface area contributed by atoms with Crippen molar-refractivity contribution < 1.29 is 23.8 Å². The molecule has 1 aromatic heterocycles. The Morgan fingerprint density at radius 1 is 1.03 bits per heavy atom. The van der Waals surface area contributed by atoms with E-state index >= 15 is 0 Å². The third kappa shape index (κ3) is 5.08. The van der Waals surface area contributed by atoms with Crippen LogP contribution in [0.1, 0.15) is 17.2 Å². The minimum absolute atomic E-state index is 0.00266. The van der Waals surface area contributed by atoms with E-state index in [-0.39, 0.29) is 22.7 Å². The van der Waals surface area contributed by atoms with Gasteiger partial charge in [0.25, 0.3) is 0 Å². The summed E-state index contributed by atoms with van der Waals surface area (Å²) in [5, 5.41) is 14.4. The Hall–Kier alpha value is -5.04. The summed E-state index contributed by atoms with van der Waals surface area (Å²) in [4.78, 5) is 27.6. The largest absolute Gasteiger partial charge is 0.492 e. The average Bonchev–Trinajstić information content (AvgIpc) is 3.37. The van der Waals surface area contributed by atoms with Crippen LogP contribution in [0.4, 0.5) is 5.69 Å². The number of hydrogen-bond acceptors (Lipinski definition) is 9. The topological polar surface area (TPSA) is 133 Å². The van der Waals surface area contributed by atoms with Gasteiger partial charge in [0.1, 0.15) is 23.9 Å². The van der Waals surface area contributed by atoms with Crippen molar-refractivity contribution in [2.45, 2.75) is 19.4 Å². The average molecular weight is 514 g/mol. The normalized spacial score (nSPS) is 15.2. The summed E-state index contributed by atoms with van der Waals surface area (Å²) in [6, 6.07) is 19.7. The van der Waals surface area contributed by atoms with Gasteiger partial charge in [-0.2, -0.15) is 10.4 Å². The van der Waals surface area contributed by atoms with E-state index in [4.69, 9.17) is 19.9 Å². The lowest BCUT2D eigenvalue weighted by atomic mass is 9.81. The number of methoxy groups -OCH3 is 2. The smallest absolute Gasteiger partial charge is 0.355 e. The molecule has 0 saturated carbocycles. The molecule has 3 aromatic rings. The molecule has 0 aliphatic carbocycles. The minimum Gasteiger partial charge on any atom is -0.492 e. The van der Waals surface area contributed by atoms with E-state index in [0.29, 0.717) is 30.2 Å². The van der Waals surface area contributed by atoms with Crippen LogP contribution in [-0.4, -0.2) is 42.5 Å². The van der Waals surface area contributed by atoms with Crippen molar-refractivity contribution in [2.24, 2.45) is 5.73 Å². The third-order valence-corrected chi connectivity index (χ3v) is 6.07. The first-order valence-corrected chi connectivity index (χ1v) is 11.8. The summed E-state index contributed by atoms with van der Waals surface area (Å²) in [6.07, 6.45) is 1.88. The number of nitrogens with zero attached hydrogens (tertiary/aromatic N) is 4. The molecule has 2 N–H and O–H groups in total. The van der Waals surface area contributed by atoms with Crippen LogP contribution < -0.4 is 15.4 Å². The van der Waals surface area contributed by atoms with Gasteiger partial charge in [-0.3, -0.25) is 9.58 Å². The van der Waals surface area contributed by atoms with Gasteiger partial charge in [-0.25, -0.2) is 9.59 Å². The number of anilines is 1. The number of carbonyl (C=O) groups excluding carboxylic acids is 2. The summed E-state index contributed by atoms with van der Waals surface area (Å²) >= 11 is 0. The predicted molar refractivity (Wildman–Crippen MR) is 138 cm³/mol. The monoisotopic (exact) mass is 513 g/mol.